The van der Waals surface area contributed by atoms with Gasteiger partial charge in [-0.2, -0.15) is 0 Å². The molecular formula is C17H24ClN3O3. The van der Waals surface area contributed by atoms with Crippen molar-refractivity contribution in [1.29, 1.82) is 0 Å². The molecule has 0 spiro atoms. The number of hydrazine groups is 1. The first-order valence-electron chi connectivity index (χ1n) is 8.27. The van der Waals surface area contributed by atoms with Gasteiger partial charge < -0.3 is 10.8 Å². The van der Waals surface area contributed by atoms with Crippen molar-refractivity contribution in [3.8, 4) is 0 Å². The van der Waals surface area contributed by atoms with Gasteiger partial charge in [0.05, 0.1) is 0 Å². The monoisotopic (exact) mass is 353 g/mol. The average Bonchev–Trinajstić information content (AvgIpc) is 2.60. The summed E-state index contributed by atoms with van der Waals surface area (Å²) in [6.45, 7) is 0. The Balaban J connectivity index is 1.77. The Morgan fingerprint density at radius 2 is 1.79 bits per heavy atom. The van der Waals surface area contributed by atoms with E-state index in [1.165, 1.54) is 31.4 Å². The van der Waals surface area contributed by atoms with Crippen LogP contribution in [0.15, 0.2) is 24.3 Å². The third kappa shape index (κ3) is 5.47. The van der Waals surface area contributed by atoms with Crippen LogP contribution in [0.5, 0.6) is 0 Å². The van der Waals surface area contributed by atoms with Crippen LogP contribution in [-0.4, -0.2) is 29.1 Å². The van der Waals surface area contributed by atoms with E-state index in [2.05, 4.69) is 10.9 Å². The van der Waals surface area contributed by atoms with E-state index in [9.17, 15) is 14.7 Å². The quantitative estimate of drug-likeness (QED) is 0.605. The zero-order chi connectivity index (χ0) is 17.5. The first-order valence-corrected chi connectivity index (χ1v) is 8.64. The lowest BCUT2D eigenvalue weighted by molar-refractivity contribution is -0.131. The Kier molecular flexibility index (Phi) is 7.02. The molecule has 5 N–H and O–H groups in total. The fourth-order valence-corrected chi connectivity index (χ4v) is 3.12. The van der Waals surface area contributed by atoms with Crippen LogP contribution in [0.1, 0.15) is 48.9 Å². The van der Waals surface area contributed by atoms with Gasteiger partial charge in [0, 0.05) is 16.6 Å². The molecule has 1 aliphatic carbocycles. The summed E-state index contributed by atoms with van der Waals surface area (Å²) >= 11 is 5.75. The van der Waals surface area contributed by atoms with Crippen molar-refractivity contribution in [2.24, 2.45) is 11.7 Å². The highest BCUT2D eigenvalue weighted by Crippen LogP contribution is 2.27. The molecule has 0 aliphatic heterocycles. The number of aliphatic hydroxyl groups excluding tert-OH is 1. The summed E-state index contributed by atoms with van der Waals surface area (Å²) in [6.07, 6.45) is 5.04. The number of hydrogen-bond acceptors (Lipinski definition) is 4. The van der Waals surface area contributed by atoms with E-state index in [0.29, 0.717) is 22.9 Å². The lowest BCUT2D eigenvalue weighted by Crippen LogP contribution is -2.52. The highest BCUT2D eigenvalue weighted by molar-refractivity contribution is 6.30. The van der Waals surface area contributed by atoms with Crippen LogP contribution in [0, 0.1) is 5.92 Å². The van der Waals surface area contributed by atoms with Gasteiger partial charge in [0.1, 0.15) is 6.10 Å². The maximum atomic E-state index is 11.9. The first-order chi connectivity index (χ1) is 11.5. The maximum absolute atomic E-state index is 11.9. The Labute approximate surface area is 146 Å². The van der Waals surface area contributed by atoms with Crippen molar-refractivity contribution in [1.82, 2.24) is 10.9 Å². The molecule has 1 aromatic carbocycles. The van der Waals surface area contributed by atoms with Crippen molar-refractivity contribution in [2.75, 3.05) is 0 Å². The van der Waals surface area contributed by atoms with E-state index in [4.69, 9.17) is 17.3 Å². The molecule has 7 heteroatoms. The lowest BCUT2D eigenvalue weighted by atomic mass is 9.84. The number of nitrogens with one attached hydrogen (secondary N) is 2. The summed E-state index contributed by atoms with van der Waals surface area (Å²) in [4.78, 5) is 23.8. The van der Waals surface area contributed by atoms with Crippen LogP contribution < -0.4 is 16.6 Å². The number of halogens is 1. The number of hydrogen-bond donors (Lipinski definition) is 4. The zero-order valence-corrected chi connectivity index (χ0v) is 14.3. The van der Waals surface area contributed by atoms with Gasteiger partial charge in [0.25, 0.3) is 11.8 Å². The third-order valence-corrected chi connectivity index (χ3v) is 4.66. The highest BCUT2D eigenvalue weighted by Gasteiger charge is 2.26. The Morgan fingerprint density at radius 1 is 1.17 bits per heavy atom. The molecule has 1 aromatic rings. The standard InChI is InChI=1S/C17H24ClN3O3/c18-13-8-6-12(7-9-13)16(23)20-21-17(24)15(22)14(19)10-11-4-2-1-3-5-11/h6-9,11,14-15,22H,1-5,10,19H2,(H,20,23)(H,21,24)/t14-,15?/m1/s1. The summed E-state index contributed by atoms with van der Waals surface area (Å²) in [5.41, 5.74) is 10.8. The molecule has 0 saturated heterocycles. The molecular weight excluding hydrogens is 330 g/mol. The Hall–Kier alpha value is -1.63. The fraction of sp³-hybridized carbons (Fsp3) is 0.529. The van der Waals surface area contributed by atoms with E-state index in [-0.39, 0.29) is 0 Å². The van der Waals surface area contributed by atoms with Crippen molar-refractivity contribution < 1.29 is 14.7 Å². The number of carbonyl (C=O) groups is 2. The average molecular weight is 354 g/mol. The highest BCUT2D eigenvalue weighted by atomic mass is 35.5. The Morgan fingerprint density at radius 3 is 2.42 bits per heavy atom. The van der Waals surface area contributed by atoms with Gasteiger partial charge in [-0.3, -0.25) is 20.4 Å². The molecule has 24 heavy (non-hydrogen) atoms. The van der Waals surface area contributed by atoms with Crippen molar-refractivity contribution >= 4 is 23.4 Å². The lowest BCUT2D eigenvalue weighted by Gasteiger charge is -2.26. The van der Waals surface area contributed by atoms with E-state index < -0.39 is 24.0 Å². The van der Waals surface area contributed by atoms with Gasteiger partial charge in [-0.05, 0) is 36.6 Å². The second-order valence-electron chi connectivity index (χ2n) is 6.30. The van der Waals surface area contributed by atoms with Gasteiger partial charge in [-0.15, -0.1) is 0 Å². The van der Waals surface area contributed by atoms with Crippen molar-refractivity contribution in [3.05, 3.63) is 34.9 Å². The minimum Gasteiger partial charge on any atom is -0.382 e. The van der Waals surface area contributed by atoms with Gasteiger partial charge >= 0.3 is 0 Å². The summed E-state index contributed by atoms with van der Waals surface area (Å²) in [5, 5.41) is 10.5. The van der Waals surface area contributed by atoms with Crippen LogP contribution in [0.3, 0.4) is 0 Å². The zero-order valence-electron chi connectivity index (χ0n) is 13.5. The largest absolute Gasteiger partial charge is 0.382 e. The molecule has 1 fully saturated rings. The summed E-state index contributed by atoms with van der Waals surface area (Å²) in [6, 6.07) is 5.59. The van der Waals surface area contributed by atoms with E-state index in [1.54, 1.807) is 12.1 Å². The van der Waals surface area contributed by atoms with Crippen LogP contribution >= 0.6 is 11.6 Å². The van der Waals surface area contributed by atoms with Crippen molar-refractivity contribution in [2.45, 2.75) is 50.7 Å². The van der Waals surface area contributed by atoms with Crippen LogP contribution in [0.2, 0.25) is 5.02 Å². The molecule has 1 saturated carbocycles. The first kappa shape index (κ1) is 18.7. The van der Waals surface area contributed by atoms with E-state index in [1.807, 2.05) is 0 Å². The molecule has 1 unspecified atom stereocenters. The molecule has 2 rings (SSSR count). The van der Waals surface area contributed by atoms with Gasteiger partial charge in [-0.25, -0.2) is 0 Å². The molecule has 0 radical (unpaired) electrons. The second kappa shape index (κ2) is 9.01. The van der Waals surface area contributed by atoms with Gasteiger partial charge in [0.2, 0.25) is 0 Å². The molecule has 0 aromatic heterocycles. The van der Waals surface area contributed by atoms with Crippen LogP contribution in [0.25, 0.3) is 0 Å². The Bertz CT molecular complexity index is 559. The van der Waals surface area contributed by atoms with Gasteiger partial charge in [0.15, 0.2) is 0 Å². The number of amides is 2. The van der Waals surface area contributed by atoms with Crippen LogP contribution in [-0.2, 0) is 4.79 Å². The summed E-state index contributed by atoms with van der Waals surface area (Å²) in [5.74, 6) is -0.742. The second-order valence-corrected chi connectivity index (χ2v) is 6.74. The summed E-state index contributed by atoms with van der Waals surface area (Å²) in [7, 11) is 0. The third-order valence-electron chi connectivity index (χ3n) is 4.41. The number of rotatable bonds is 5. The number of carbonyl (C=O) groups excluding carboxylic acids is 2. The normalized spacial score (nSPS) is 17.8. The molecule has 0 heterocycles. The predicted molar refractivity (Wildman–Crippen MR) is 92.2 cm³/mol. The maximum Gasteiger partial charge on any atom is 0.269 e. The predicted octanol–water partition coefficient (Wildman–Crippen LogP) is 1.76. The topological polar surface area (TPSA) is 104 Å². The molecule has 1 aliphatic rings. The van der Waals surface area contributed by atoms with E-state index in [0.717, 1.165) is 12.8 Å². The van der Waals surface area contributed by atoms with Gasteiger partial charge in [-0.1, -0.05) is 43.7 Å². The molecule has 2 atom stereocenters. The van der Waals surface area contributed by atoms with Crippen LogP contribution in [0.4, 0.5) is 0 Å². The molecule has 132 valence electrons. The molecule has 0 bridgehead atoms. The fourth-order valence-electron chi connectivity index (χ4n) is 3.00. The number of aliphatic hydroxyl groups is 1. The molecule has 2 amide bonds. The van der Waals surface area contributed by atoms with E-state index >= 15 is 0 Å². The smallest absolute Gasteiger partial charge is 0.269 e. The van der Waals surface area contributed by atoms with Crippen molar-refractivity contribution in [3.63, 3.8) is 0 Å². The SMILES string of the molecule is N[C@H](CC1CCCCC1)C(O)C(=O)NNC(=O)c1ccc(Cl)cc1. The minimum atomic E-state index is -1.35. The minimum absolute atomic E-state index is 0.348. The molecule has 6 nitrogen and oxygen atoms in total. The summed E-state index contributed by atoms with van der Waals surface area (Å²) < 4.78 is 0. The number of benzene rings is 1. The number of nitrogens with two attached hydrogens (primary N) is 1.